The Morgan fingerprint density at radius 1 is 1.10 bits per heavy atom. The first-order valence-electron chi connectivity index (χ1n) is 9.98. The van der Waals surface area contributed by atoms with E-state index < -0.39 is 17.7 Å². The van der Waals surface area contributed by atoms with E-state index in [0.29, 0.717) is 17.9 Å². The zero-order valence-electron chi connectivity index (χ0n) is 17.9. The Balaban J connectivity index is 2.09. The van der Waals surface area contributed by atoms with E-state index >= 15 is 0 Å². The van der Waals surface area contributed by atoms with Crippen molar-refractivity contribution in [2.75, 3.05) is 34.3 Å². The molecular formula is C24H28N2O4. The van der Waals surface area contributed by atoms with Crippen LogP contribution in [-0.4, -0.2) is 60.9 Å². The average molecular weight is 408 g/mol. The van der Waals surface area contributed by atoms with Crippen molar-refractivity contribution in [1.29, 1.82) is 0 Å². The number of amides is 1. The molecule has 0 bridgehead atoms. The van der Waals surface area contributed by atoms with Gasteiger partial charge in [-0.1, -0.05) is 24.3 Å². The summed E-state index contributed by atoms with van der Waals surface area (Å²) in [5.41, 5.74) is 2.41. The number of ether oxygens (including phenoxy) is 1. The summed E-state index contributed by atoms with van der Waals surface area (Å²) in [5, 5.41) is 11.1. The molecule has 2 aromatic carbocycles. The molecule has 30 heavy (non-hydrogen) atoms. The minimum absolute atomic E-state index is 0.129. The largest absolute Gasteiger partial charge is 0.507 e. The first-order valence-corrected chi connectivity index (χ1v) is 9.98. The fourth-order valence-corrected chi connectivity index (χ4v) is 3.79. The maximum absolute atomic E-state index is 13.0. The number of methoxy groups -OCH3 is 1. The lowest BCUT2D eigenvalue weighted by Crippen LogP contribution is -2.32. The number of aliphatic hydroxyl groups excluding tert-OH is 1. The monoisotopic (exact) mass is 408 g/mol. The van der Waals surface area contributed by atoms with Crippen LogP contribution in [0, 0.1) is 6.92 Å². The average Bonchev–Trinajstić information content (AvgIpc) is 2.98. The number of benzene rings is 2. The van der Waals surface area contributed by atoms with E-state index in [-0.39, 0.29) is 11.3 Å². The SMILES string of the molecule is COc1ccc(/C(O)=C2/C(=O)C(=O)N(CCCN(C)C)C2c2ccccc2C)cc1. The van der Waals surface area contributed by atoms with Gasteiger partial charge in [-0.05, 0) is 69.4 Å². The van der Waals surface area contributed by atoms with E-state index in [2.05, 4.69) is 0 Å². The third-order valence-corrected chi connectivity index (χ3v) is 5.39. The lowest BCUT2D eigenvalue weighted by Gasteiger charge is -2.27. The van der Waals surface area contributed by atoms with Gasteiger partial charge in [-0.25, -0.2) is 0 Å². The molecule has 1 amide bonds. The van der Waals surface area contributed by atoms with Crippen LogP contribution in [0.15, 0.2) is 54.1 Å². The van der Waals surface area contributed by atoms with Crippen LogP contribution in [0.25, 0.3) is 5.76 Å². The molecule has 6 heteroatoms. The number of hydrogen-bond acceptors (Lipinski definition) is 5. The molecule has 0 aliphatic carbocycles. The van der Waals surface area contributed by atoms with Crippen molar-refractivity contribution in [3.05, 3.63) is 70.8 Å². The van der Waals surface area contributed by atoms with Crippen LogP contribution < -0.4 is 4.74 Å². The predicted octanol–water partition coefficient (Wildman–Crippen LogP) is 3.38. The molecule has 1 unspecified atom stereocenters. The van der Waals surface area contributed by atoms with Crippen molar-refractivity contribution in [3.8, 4) is 5.75 Å². The Labute approximate surface area is 177 Å². The van der Waals surface area contributed by atoms with Crippen LogP contribution in [0.1, 0.15) is 29.2 Å². The lowest BCUT2D eigenvalue weighted by molar-refractivity contribution is -0.139. The third kappa shape index (κ3) is 4.24. The van der Waals surface area contributed by atoms with E-state index in [1.165, 1.54) is 0 Å². The first-order chi connectivity index (χ1) is 14.3. The van der Waals surface area contributed by atoms with Crippen molar-refractivity contribution < 1.29 is 19.4 Å². The van der Waals surface area contributed by atoms with Crippen LogP contribution in [0.4, 0.5) is 0 Å². The smallest absolute Gasteiger partial charge is 0.295 e. The zero-order chi connectivity index (χ0) is 21.8. The minimum Gasteiger partial charge on any atom is -0.507 e. The van der Waals surface area contributed by atoms with Crippen LogP contribution >= 0.6 is 0 Å². The standard InChI is InChI=1S/C24H28N2O4/c1-16-8-5-6-9-19(16)21-20(22(27)17-10-12-18(30-4)13-11-17)23(28)24(29)26(21)15-7-14-25(2)3/h5-6,8-13,21,27H,7,14-15H2,1-4H3/b22-20-. The molecule has 158 valence electrons. The number of nitrogens with zero attached hydrogens (tertiary/aromatic N) is 2. The summed E-state index contributed by atoms with van der Waals surface area (Å²) in [4.78, 5) is 29.5. The van der Waals surface area contributed by atoms with E-state index in [9.17, 15) is 14.7 Å². The Morgan fingerprint density at radius 3 is 2.37 bits per heavy atom. The van der Waals surface area contributed by atoms with Gasteiger partial charge in [0, 0.05) is 12.1 Å². The molecule has 0 radical (unpaired) electrons. The zero-order valence-corrected chi connectivity index (χ0v) is 17.9. The molecule has 1 aliphatic heterocycles. The van der Waals surface area contributed by atoms with Crippen LogP contribution in [0.5, 0.6) is 5.75 Å². The highest BCUT2D eigenvalue weighted by Gasteiger charge is 2.46. The molecule has 0 saturated carbocycles. The number of aryl methyl sites for hydroxylation is 1. The van der Waals surface area contributed by atoms with Crippen LogP contribution in [0.2, 0.25) is 0 Å². The number of rotatable bonds is 7. The molecule has 1 aliphatic rings. The van der Waals surface area contributed by atoms with Gasteiger partial charge >= 0.3 is 0 Å². The summed E-state index contributed by atoms with van der Waals surface area (Å²) in [6.07, 6.45) is 0.727. The van der Waals surface area contributed by atoms with Crippen molar-refractivity contribution >= 4 is 17.4 Å². The van der Waals surface area contributed by atoms with E-state index in [4.69, 9.17) is 4.74 Å². The number of carbonyl (C=O) groups excluding carboxylic acids is 2. The van der Waals surface area contributed by atoms with Gasteiger partial charge in [-0.15, -0.1) is 0 Å². The van der Waals surface area contributed by atoms with Crippen molar-refractivity contribution in [2.24, 2.45) is 0 Å². The lowest BCUT2D eigenvalue weighted by atomic mass is 9.92. The predicted molar refractivity (Wildman–Crippen MR) is 116 cm³/mol. The highest BCUT2D eigenvalue weighted by Crippen LogP contribution is 2.40. The summed E-state index contributed by atoms with van der Waals surface area (Å²) in [7, 11) is 5.50. The Bertz CT molecular complexity index is 963. The van der Waals surface area contributed by atoms with Gasteiger partial charge in [0.2, 0.25) is 0 Å². The quantitative estimate of drug-likeness (QED) is 0.432. The van der Waals surface area contributed by atoms with Gasteiger partial charge in [-0.2, -0.15) is 0 Å². The summed E-state index contributed by atoms with van der Waals surface area (Å²) in [6.45, 7) is 3.17. The fraction of sp³-hybridized carbons (Fsp3) is 0.333. The molecule has 1 heterocycles. The highest BCUT2D eigenvalue weighted by atomic mass is 16.5. The fourth-order valence-electron chi connectivity index (χ4n) is 3.79. The molecular weight excluding hydrogens is 380 g/mol. The Hall–Kier alpha value is -3.12. The topological polar surface area (TPSA) is 70.1 Å². The normalized spacial score (nSPS) is 18.3. The van der Waals surface area contributed by atoms with Crippen LogP contribution in [-0.2, 0) is 9.59 Å². The summed E-state index contributed by atoms with van der Waals surface area (Å²) in [5.74, 6) is -0.746. The molecule has 2 aromatic rings. The van der Waals surface area contributed by atoms with E-state index in [1.54, 1.807) is 36.3 Å². The number of hydrogen-bond donors (Lipinski definition) is 1. The van der Waals surface area contributed by atoms with Crippen molar-refractivity contribution in [3.63, 3.8) is 0 Å². The second kappa shape index (κ2) is 9.13. The Kier molecular flexibility index (Phi) is 6.57. The van der Waals surface area contributed by atoms with Gasteiger partial charge < -0.3 is 19.6 Å². The summed E-state index contributed by atoms with van der Waals surface area (Å²) < 4.78 is 5.17. The number of Topliss-reactive ketones (excluding diaryl/α,β-unsaturated/α-hetero) is 1. The molecule has 6 nitrogen and oxygen atoms in total. The first kappa shape index (κ1) is 21.6. The molecule has 1 N–H and O–H groups in total. The number of carbonyl (C=O) groups is 2. The minimum atomic E-state index is -0.651. The van der Waals surface area contributed by atoms with Gasteiger partial charge in [-0.3, -0.25) is 9.59 Å². The van der Waals surface area contributed by atoms with Crippen molar-refractivity contribution in [2.45, 2.75) is 19.4 Å². The number of ketones is 1. The van der Waals surface area contributed by atoms with Gasteiger partial charge in [0.05, 0.1) is 18.7 Å². The number of aliphatic hydroxyl groups is 1. The molecule has 1 saturated heterocycles. The molecule has 0 spiro atoms. The second-order valence-corrected chi connectivity index (χ2v) is 7.73. The van der Waals surface area contributed by atoms with Gasteiger partial charge in [0.25, 0.3) is 11.7 Å². The third-order valence-electron chi connectivity index (χ3n) is 5.39. The molecule has 1 atom stereocenters. The van der Waals surface area contributed by atoms with E-state index in [1.807, 2.05) is 50.2 Å². The summed E-state index contributed by atoms with van der Waals surface area (Å²) in [6, 6.07) is 13.8. The van der Waals surface area contributed by atoms with E-state index in [0.717, 1.165) is 24.1 Å². The molecule has 3 rings (SSSR count). The molecule has 1 fully saturated rings. The molecule has 0 aromatic heterocycles. The van der Waals surface area contributed by atoms with Gasteiger partial charge in [0.1, 0.15) is 11.5 Å². The van der Waals surface area contributed by atoms with Crippen molar-refractivity contribution in [1.82, 2.24) is 9.80 Å². The maximum atomic E-state index is 13.0. The number of likely N-dealkylation sites (tertiary alicyclic amines) is 1. The highest BCUT2D eigenvalue weighted by molar-refractivity contribution is 6.46. The summed E-state index contributed by atoms with van der Waals surface area (Å²) >= 11 is 0. The van der Waals surface area contributed by atoms with Crippen LogP contribution in [0.3, 0.4) is 0 Å². The Morgan fingerprint density at radius 2 is 1.77 bits per heavy atom. The maximum Gasteiger partial charge on any atom is 0.295 e. The second-order valence-electron chi connectivity index (χ2n) is 7.73. The van der Waals surface area contributed by atoms with Gasteiger partial charge in [0.15, 0.2) is 0 Å².